The molecule has 0 saturated carbocycles. The number of hydrogen-bond acceptors (Lipinski definition) is 7. The van der Waals surface area contributed by atoms with Crippen molar-refractivity contribution >= 4 is 28.6 Å². The standard InChI is InChI=1S/C30H28ClF2N3O6/c31-20-4-5-26(23(32)13-20)40-16-18-2-1-3-21(10-18)42-22-6-8-35(14-22)15-27-34-28-24(33)11-19(29(37)38)12-25(28)36(27)17-30(39)7-9-41-30/h1-5,10-13,22,39H,6-9,14-17H2,(H,37,38)/t22-,30+/m0/s1. The average molecular weight is 600 g/mol. The minimum Gasteiger partial charge on any atom is -0.489 e. The van der Waals surface area contributed by atoms with Gasteiger partial charge in [0.1, 0.15) is 29.8 Å². The zero-order valence-corrected chi connectivity index (χ0v) is 23.2. The Bertz CT molecular complexity index is 1640. The Morgan fingerprint density at radius 1 is 1.17 bits per heavy atom. The summed E-state index contributed by atoms with van der Waals surface area (Å²) in [6.45, 7) is 2.17. The molecule has 0 spiro atoms. The van der Waals surface area contributed by atoms with Crippen molar-refractivity contribution < 1.29 is 38.0 Å². The molecule has 42 heavy (non-hydrogen) atoms. The van der Waals surface area contributed by atoms with Gasteiger partial charge in [0.2, 0.25) is 0 Å². The van der Waals surface area contributed by atoms with Crippen molar-refractivity contribution in [1.82, 2.24) is 14.5 Å². The molecule has 4 aromatic rings. The predicted molar refractivity (Wildman–Crippen MR) is 149 cm³/mol. The van der Waals surface area contributed by atoms with E-state index in [1.165, 1.54) is 18.2 Å². The number of carboxylic acids is 1. The number of benzene rings is 3. The lowest BCUT2D eigenvalue weighted by atomic mass is 10.1. The quantitative estimate of drug-likeness (QED) is 0.262. The highest BCUT2D eigenvalue weighted by Gasteiger charge is 2.38. The van der Waals surface area contributed by atoms with Crippen molar-refractivity contribution in [3.8, 4) is 11.5 Å². The fourth-order valence-corrected chi connectivity index (χ4v) is 5.41. The average Bonchev–Trinajstić information content (AvgIpc) is 3.51. The van der Waals surface area contributed by atoms with Gasteiger partial charge in [-0.15, -0.1) is 0 Å². The molecule has 220 valence electrons. The number of rotatable bonds is 10. The number of aromatic carboxylic acids is 1. The fourth-order valence-electron chi connectivity index (χ4n) is 5.25. The van der Waals surface area contributed by atoms with E-state index in [0.717, 1.165) is 18.1 Å². The van der Waals surface area contributed by atoms with Crippen LogP contribution in [0.2, 0.25) is 5.02 Å². The number of aliphatic hydroxyl groups is 1. The third kappa shape index (κ3) is 6.05. The molecule has 1 aromatic heterocycles. The fraction of sp³-hybridized carbons (Fsp3) is 0.333. The first-order chi connectivity index (χ1) is 20.2. The molecule has 0 bridgehead atoms. The van der Waals surface area contributed by atoms with Crippen molar-refractivity contribution in [3.63, 3.8) is 0 Å². The normalized spacial score (nSPS) is 20.5. The third-order valence-electron chi connectivity index (χ3n) is 7.49. The topological polar surface area (TPSA) is 106 Å². The molecular weight excluding hydrogens is 572 g/mol. The van der Waals surface area contributed by atoms with Crippen LogP contribution in [0.4, 0.5) is 8.78 Å². The van der Waals surface area contributed by atoms with E-state index in [9.17, 15) is 23.8 Å². The van der Waals surface area contributed by atoms with E-state index < -0.39 is 23.4 Å². The second-order valence-electron chi connectivity index (χ2n) is 10.6. The summed E-state index contributed by atoms with van der Waals surface area (Å²) in [5.74, 6) is -2.69. The lowest BCUT2D eigenvalue weighted by Crippen LogP contribution is -2.47. The van der Waals surface area contributed by atoms with Crippen LogP contribution in [0.1, 0.15) is 34.6 Å². The van der Waals surface area contributed by atoms with Gasteiger partial charge in [0.05, 0.1) is 30.8 Å². The number of halogens is 3. The number of aromatic nitrogens is 2. The summed E-state index contributed by atoms with van der Waals surface area (Å²) < 4.78 is 47.7. The largest absolute Gasteiger partial charge is 0.489 e. The molecule has 9 nitrogen and oxygen atoms in total. The zero-order chi connectivity index (χ0) is 29.4. The van der Waals surface area contributed by atoms with Crippen molar-refractivity contribution in [2.45, 2.75) is 44.4 Å². The minimum absolute atomic E-state index is 0.00387. The van der Waals surface area contributed by atoms with Gasteiger partial charge in [-0.25, -0.2) is 18.6 Å². The number of fused-ring (bicyclic) bond motifs is 1. The first-order valence-corrected chi connectivity index (χ1v) is 13.9. The Labute approximate surface area is 244 Å². The van der Waals surface area contributed by atoms with E-state index in [4.69, 9.17) is 25.8 Å². The molecule has 0 radical (unpaired) electrons. The summed E-state index contributed by atoms with van der Waals surface area (Å²) in [6.07, 6.45) is 1.02. The van der Waals surface area contributed by atoms with Gasteiger partial charge in [0.25, 0.3) is 0 Å². The number of ether oxygens (including phenoxy) is 3. The Morgan fingerprint density at radius 2 is 2.00 bits per heavy atom. The molecular formula is C30H28ClF2N3O6. The summed E-state index contributed by atoms with van der Waals surface area (Å²) in [7, 11) is 0. The molecule has 12 heteroatoms. The molecule has 3 aromatic carbocycles. The number of nitrogens with zero attached hydrogens (tertiary/aromatic N) is 3. The van der Waals surface area contributed by atoms with Crippen LogP contribution in [0.3, 0.4) is 0 Å². The van der Waals surface area contributed by atoms with E-state index in [-0.39, 0.29) is 41.6 Å². The maximum atomic E-state index is 14.9. The van der Waals surface area contributed by atoms with Crippen LogP contribution in [-0.2, 0) is 24.4 Å². The molecule has 0 aliphatic carbocycles. The third-order valence-corrected chi connectivity index (χ3v) is 7.72. The summed E-state index contributed by atoms with van der Waals surface area (Å²) in [5, 5.41) is 20.4. The van der Waals surface area contributed by atoms with Crippen LogP contribution in [0, 0.1) is 11.6 Å². The molecule has 0 unspecified atom stereocenters. The number of likely N-dealkylation sites (tertiary alicyclic amines) is 1. The van der Waals surface area contributed by atoms with Crippen molar-refractivity contribution in [3.05, 3.63) is 88.2 Å². The summed E-state index contributed by atoms with van der Waals surface area (Å²) in [5.41, 5.74) is 0.942. The molecule has 0 amide bonds. The van der Waals surface area contributed by atoms with Gasteiger partial charge >= 0.3 is 5.97 Å². The number of carbonyl (C=O) groups is 1. The zero-order valence-electron chi connectivity index (χ0n) is 22.4. The highest BCUT2D eigenvalue weighted by molar-refractivity contribution is 6.30. The molecule has 2 aliphatic heterocycles. The van der Waals surface area contributed by atoms with Crippen molar-refractivity contribution in [1.29, 1.82) is 0 Å². The Morgan fingerprint density at radius 3 is 2.74 bits per heavy atom. The van der Waals surface area contributed by atoms with Crippen LogP contribution in [0.25, 0.3) is 11.0 Å². The predicted octanol–water partition coefficient (Wildman–Crippen LogP) is 5.01. The van der Waals surface area contributed by atoms with E-state index in [2.05, 4.69) is 9.88 Å². The first-order valence-electron chi connectivity index (χ1n) is 13.5. The van der Waals surface area contributed by atoms with Gasteiger partial charge in [-0.05, 0) is 54.4 Å². The maximum Gasteiger partial charge on any atom is 0.335 e. The van der Waals surface area contributed by atoms with Crippen LogP contribution in [-0.4, -0.2) is 62.2 Å². The maximum absolute atomic E-state index is 14.9. The van der Waals surface area contributed by atoms with Gasteiger partial charge in [0, 0.05) is 24.5 Å². The van der Waals surface area contributed by atoms with E-state index >= 15 is 0 Å². The molecule has 6 rings (SSSR count). The lowest BCUT2D eigenvalue weighted by molar-refractivity contribution is -0.288. The molecule has 2 aliphatic rings. The van der Waals surface area contributed by atoms with E-state index in [1.54, 1.807) is 10.6 Å². The van der Waals surface area contributed by atoms with Crippen molar-refractivity contribution in [2.24, 2.45) is 0 Å². The second-order valence-corrected chi connectivity index (χ2v) is 11.0. The van der Waals surface area contributed by atoms with E-state index in [0.29, 0.717) is 49.3 Å². The van der Waals surface area contributed by atoms with Gasteiger partial charge in [-0.2, -0.15) is 0 Å². The number of imidazole rings is 1. The monoisotopic (exact) mass is 599 g/mol. The molecule has 2 atom stereocenters. The minimum atomic E-state index is -1.41. The van der Waals surface area contributed by atoms with Gasteiger partial charge < -0.3 is 29.0 Å². The molecule has 2 N–H and O–H groups in total. The SMILES string of the molecule is O=C(O)c1cc(F)c2nc(CN3CC[C@H](Oc4cccc(COc5ccc(Cl)cc5F)c4)C3)n(C[C@@]3(O)CCO3)c2c1. The van der Waals surface area contributed by atoms with Crippen LogP contribution < -0.4 is 9.47 Å². The van der Waals surface area contributed by atoms with Crippen molar-refractivity contribution in [2.75, 3.05) is 19.7 Å². The summed E-state index contributed by atoms with van der Waals surface area (Å²) in [6, 6.07) is 14.0. The lowest BCUT2D eigenvalue weighted by Gasteiger charge is -2.37. The van der Waals surface area contributed by atoms with Crippen LogP contribution in [0.5, 0.6) is 11.5 Å². The van der Waals surface area contributed by atoms with Gasteiger partial charge in [0.15, 0.2) is 23.2 Å². The first kappa shape index (κ1) is 28.4. The molecule has 2 saturated heterocycles. The molecule has 3 heterocycles. The van der Waals surface area contributed by atoms with E-state index in [1.807, 2.05) is 24.3 Å². The van der Waals surface area contributed by atoms with Gasteiger partial charge in [-0.1, -0.05) is 23.7 Å². The summed E-state index contributed by atoms with van der Waals surface area (Å²) in [4.78, 5) is 18.2. The highest BCUT2D eigenvalue weighted by Crippen LogP contribution is 2.31. The van der Waals surface area contributed by atoms with Crippen LogP contribution >= 0.6 is 11.6 Å². The summed E-state index contributed by atoms with van der Waals surface area (Å²) >= 11 is 5.80. The number of carboxylic acid groups (broad SMARTS) is 1. The molecule has 2 fully saturated rings. The Hall–Kier alpha value is -3.77. The highest BCUT2D eigenvalue weighted by atomic mass is 35.5. The Kier molecular flexibility index (Phi) is 7.75. The second kappa shape index (κ2) is 11.5. The number of hydrogen-bond donors (Lipinski definition) is 2. The van der Waals surface area contributed by atoms with Gasteiger partial charge in [-0.3, -0.25) is 4.90 Å². The Balaban J connectivity index is 1.13. The smallest absolute Gasteiger partial charge is 0.335 e. The van der Waals surface area contributed by atoms with Crippen LogP contribution in [0.15, 0.2) is 54.6 Å².